The highest BCUT2D eigenvalue weighted by atomic mass is 35.5. The van der Waals surface area contributed by atoms with Gasteiger partial charge in [-0.25, -0.2) is 0 Å². The number of hydrogen-bond donors (Lipinski definition) is 0. The maximum atomic E-state index is 5.67. The molecule has 1 aliphatic heterocycles. The number of rotatable bonds is 1. The van der Waals surface area contributed by atoms with Crippen molar-refractivity contribution in [2.24, 2.45) is 5.41 Å². The van der Waals surface area contributed by atoms with Gasteiger partial charge in [0.2, 0.25) is 16.5 Å². The van der Waals surface area contributed by atoms with E-state index in [4.69, 9.17) is 23.2 Å². The summed E-state index contributed by atoms with van der Waals surface area (Å²) in [6.07, 6.45) is 0. The van der Waals surface area contributed by atoms with E-state index < -0.39 is 0 Å². The van der Waals surface area contributed by atoms with Crippen LogP contribution in [0, 0.1) is 5.41 Å². The van der Waals surface area contributed by atoms with Crippen LogP contribution in [-0.4, -0.2) is 28.0 Å². The Balaban J connectivity index is 2.18. The third-order valence-electron chi connectivity index (χ3n) is 2.09. The molecule has 6 heteroatoms. The van der Waals surface area contributed by atoms with E-state index in [0.29, 0.717) is 11.4 Å². The lowest BCUT2D eigenvalue weighted by molar-refractivity contribution is 0.272. The molecule has 1 saturated heterocycles. The standard InChI is InChI=1S/C8H10Cl2N4/c1-8(2)3-14(4-8)7-12-5(9)11-6(10)13-7/h3-4H2,1-2H3. The van der Waals surface area contributed by atoms with E-state index in [0.717, 1.165) is 13.1 Å². The predicted octanol–water partition coefficient (Wildman–Crippen LogP) is 2.02. The Labute approximate surface area is 92.3 Å². The van der Waals surface area contributed by atoms with Gasteiger partial charge < -0.3 is 4.90 Å². The highest BCUT2D eigenvalue weighted by Gasteiger charge is 2.35. The average Bonchev–Trinajstić information content (AvgIpc) is 1.97. The van der Waals surface area contributed by atoms with E-state index in [1.54, 1.807) is 0 Å². The first kappa shape index (κ1) is 9.93. The topological polar surface area (TPSA) is 41.9 Å². The number of nitrogens with zero attached hydrogens (tertiary/aromatic N) is 4. The number of anilines is 1. The molecule has 2 rings (SSSR count). The van der Waals surface area contributed by atoms with Crippen LogP contribution in [0.3, 0.4) is 0 Å². The Kier molecular flexibility index (Phi) is 2.27. The molecule has 0 N–H and O–H groups in total. The van der Waals surface area contributed by atoms with Crippen molar-refractivity contribution in [1.82, 2.24) is 15.0 Å². The van der Waals surface area contributed by atoms with Gasteiger partial charge in [-0.05, 0) is 28.6 Å². The molecule has 0 radical (unpaired) electrons. The Morgan fingerprint density at radius 3 is 2.00 bits per heavy atom. The van der Waals surface area contributed by atoms with Gasteiger partial charge in [0.25, 0.3) is 0 Å². The van der Waals surface area contributed by atoms with Crippen LogP contribution in [0.4, 0.5) is 5.95 Å². The second kappa shape index (κ2) is 3.21. The first-order valence-electron chi connectivity index (χ1n) is 4.28. The van der Waals surface area contributed by atoms with Crippen LogP contribution in [0.15, 0.2) is 0 Å². The molecule has 1 fully saturated rings. The van der Waals surface area contributed by atoms with Gasteiger partial charge >= 0.3 is 0 Å². The molecule has 0 amide bonds. The van der Waals surface area contributed by atoms with Crippen LogP contribution in [0.1, 0.15) is 13.8 Å². The van der Waals surface area contributed by atoms with Crippen molar-refractivity contribution < 1.29 is 0 Å². The molecule has 0 saturated carbocycles. The molecule has 14 heavy (non-hydrogen) atoms. The van der Waals surface area contributed by atoms with Gasteiger partial charge in [-0.1, -0.05) is 13.8 Å². The highest BCUT2D eigenvalue weighted by molar-refractivity contribution is 6.31. The summed E-state index contributed by atoms with van der Waals surface area (Å²) < 4.78 is 0. The van der Waals surface area contributed by atoms with Gasteiger partial charge in [0.1, 0.15) is 0 Å². The van der Waals surface area contributed by atoms with E-state index in [2.05, 4.69) is 28.8 Å². The number of hydrogen-bond acceptors (Lipinski definition) is 4. The normalized spacial score (nSPS) is 19.3. The average molecular weight is 233 g/mol. The molecule has 0 aromatic carbocycles. The maximum Gasteiger partial charge on any atom is 0.231 e. The van der Waals surface area contributed by atoms with E-state index >= 15 is 0 Å². The summed E-state index contributed by atoms with van der Waals surface area (Å²) in [5.74, 6) is 0.564. The Morgan fingerprint density at radius 2 is 1.57 bits per heavy atom. The lowest BCUT2D eigenvalue weighted by Crippen LogP contribution is -2.53. The Hall–Kier alpha value is -0.610. The van der Waals surface area contributed by atoms with Gasteiger partial charge in [-0.15, -0.1) is 0 Å². The quantitative estimate of drug-likeness (QED) is 0.744. The molecule has 1 aromatic heterocycles. The fourth-order valence-corrected chi connectivity index (χ4v) is 1.94. The minimum absolute atomic E-state index is 0.143. The molecule has 0 aliphatic carbocycles. The maximum absolute atomic E-state index is 5.67. The highest BCUT2D eigenvalue weighted by Crippen LogP contribution is 2.31. The van der Waals surface area contributed by atoms with Crippen molar-refractivity contribution >= 4 is 29.2 Å². The van der Waals surface area contributed by atoms with Gasteiger partial charge in [0, 0.05) is 13.1 Å². The summed E-state index contributed by atoms with van der Waals surface area (Å²) in [5.41, 5.74) is 0.325. The van der Waals surface area contributed by atoms with Crippen molar-refractivity contribution in [3.8, 4) is 0 Å². The lowest BCUT2D eigenvalue weighted by atomic mass is 9.85. The molecule has 0 bridgehead atoms. The Bertz CT molecular complexity index is 338. The fraction of sp³-hybridized carbons (Fsp3) is 0.625. The SMILES string of the molecule is CC1(C)CN(c2nc(Cl)nc(Cl)n2)C1. The third kappa shape index (κ3) is 1.91. The van der Waals surface area contributed by atoms with Crippen LogP contribution in [0.25, 0.3) is 0 Å². The van der Waals surface area contributed by atoms with Crippen molar-refractivity contribution in [2.75, 3.05) is 18.0 Å². The molecular weight excluding hydrogens is 223 g/mol. The third-order valence-corrected chi connectivity index (χ3v) is 2.43. The molecule has 0 spiro atoms. The number of aromatic nitrogens is 3. The molecule has 1 aliphatic rings. The summed E-state index contributed by atoms with van der Waals surface area (Å²) in [6.45, 7) is 6.22. The van der Waals surface area contributed by atoms with Gasteiger partial charge in [-0.3, -0.25) is 0 Å². The van der Waals surface area contributed by atoms with Crippen molar-refractivity contribution in [3.05, 3.63) is 10.6 Å². The van der Waals surface area contributed by atoms with Crippen LogP contribution < -0.4 is 4.90 Å². The minimum atomic E-state index is 0.143. The summed E-state index contributed by atoms with van der Waals surface area (Å²) in [5, 5.41) is 0.286. The molecule has 4 nitrogen and oxygen atoms in total. The van der Waals surface area contributed by atoms with E-state index in [1.165, 1.54) is 0 Å². The second-order valence-electron chi connectivity index (χ2n) is 4.19. The van der Waals surface area contributed by atoms with Crippen molar-refractivity contribution in [3.63, 3.8) is 0 Å². The van der Waals surface area contributed by atoms with E-state index in [9.17, 15) is 0 Å². The van der Waals surface area contributed by atoms with Crippen LogP contribution in [0.2, 0.25) is 10.6 Å². The fourth-order valence-electron chi connectivity index (χ4n) is 1.59. The zero-order valence-electron chi connectivity index (χ0n) is 7.96. The summed E-state index contributed by atoms with van der Waals surface area (Å²) in [4.78, 5) is 13.7. The molecule has 0 atom stereocenters. The molecular formula is C8H10Cl2N4. The smallest absolute Gasteiger partial charge is 0.231 e. The molecule has 76 valence electrons. The lowest BCUT2D eigenvalue weighted by Gasteiger charge is -2.45. The Morgan fingerprint density at radius 1 is 1.07 bits per heavy atom. The van der Waals surface area contributed by atoms with E-state index in [1.807, 2.05) is 4.90 Å². The van der Waals surface area contributed by atoms with Crippen molar-refractivity contribution in [2.45, 2.75) is 13.8 Å². The zero-order valence-corrected chi connectivity index (χ0v) is 9.47. The van der Waals surface area contributed by atoms with E-state index in [-0.39, 0.29) is 10.6 Å². The molecule has 2 heterocycles. The van der Waals surface area contributed by atoms with Crippen LogP contribution in [-0.2, 0) is 0 Å². The second-order valence-corrected chi connectivity index (χ2v) is 4.87. The predicted molar refractivity (Wildman–Crippen MR) is 55.8 cm³/mol. The summed E-state index contributed by atoms with van der Waals surface area (Å²) in [6, 6.07) is 0. The largest absolute Gasteiger partial charge is 0.339 e. The van der Waals surface area contributed by atoms with Gasteiger partial charge in [-0.2, -0.15) is 15.0 Å². The van der Waals surface area contributed by atoms with Gasteiger partial charge in [0.05, 0.1) is 0 Å². The van der Waals surface area contributed by atoms with Crippen LogP contribution in [0.5, 0.6) is 0 Å². The summed E-state index contributed by atoms with van der Waals surface area (Å²) in [7, 11) is 0. The first-order chi connectivity index (χ1) is 6.46. The van der Waals surface area contributed by atoms with Gasteiger partial charge in [0.15, 0.2) is 0 Å². The minimum Gasteiger partial charge on any atom is -0.339 e. The summed E-state index contributed by atoms with van der Waals surface area (Å²) >= 11 is 11.3. The first-order valence-corrected chi connectivity index (χ1v) is 5.04. The number of halogens is 2. The molecule has 0 unspecified atom stereocenters. The molecule has 1 aromatic rings. The monoisotopic (exact) mass is 232 g/mol. The van der Waals surface area contributed by atoms with Crippen molar-refractivity contribution in [1.29, 1.82) is 0 Å². The zero-order chi connectivity index (χ0) is 10.3. The van der Waals surface area contributed by atoms with Crippen LogP contribution >= 0.6 is 23.2 Å².